The fourth-order valence-electron chi connectivity index (χ4n) is 11.4. The van der Waals surface area contributed by atoms with Gasteiger partial charge >= 0.3 is 0 Å². The van der Waals surface area contributed by atoms with E-state index in [2.05, 4.69) is 281 Å². The van der Waals surface area contributed by atoms with Crippen LogP contribution in [0.4, 0.5) is 0 Å². The van der Waals surface area contributed by atoms with Crippen molar-refractivity contribution >= 4 is 54.6 Å². The number of para-hydroxylation sites is 6. The first-order valence-electron chi connectivity index (χ1n) is 25.8. The van der Waals surface area contributed by atoms with E-state index in [4.69, 9.17) is 9.72 Å². The van der Waals surface area contributed by atoms with E-state index in [-0.39, 0.29) is 26.5 Å². The number of hydrogen-bond donors (Lipinski definition) is 0. The molecule has 0 amide bonds. The number of aromatic nitrogens is 5. The zero-order chi connectivity index (χ0) is 50.7. The Balaban J connectivity index is 0.00000566. The number of rotatable bonds is 11. The number of pyridine rings is 1. The summed E-state index contributed by atoms with van der Waals surface area (Å²) in [5.74, 6) is 1.90. The minimum atomic E-state index is -0.106. The molecule has 7 heteroatoms. The van der Waals surface area contributed by atoms with E-state index in [9.17, 15) is 0 Å². The maximum absolute atomic E-state index is 7.10. The molecule has 0 bridgehead atoms. The second-order valence-corrected chi connectivity index (χ2v) is 20.1. The number of fused-ring (bicyclic) bond motifs is 7. The summed E-state index contributed by atoms with van der Waals surface area (Å²) in [5, 5.41) is 4.50. The molecule has 4 aromatic heterocycles. The predicted molar refractivity (Wildman–Crippen MR) is 308 cm³/mol. The Hall–Kier alpha value is -9.09. The number of benzene rings is 10. The van der Waals surface area contributed by atoms with Gasteiger partial charge in [-0.3, -0.25) is 4.57 Å². The molecular formula is C70H49N5OPt-2. The van der Waals surface area contributed by atoms with Crippen LogP contribution in [0, 0.1) is 18.5 Å². The predicted octanol–water partition coefficient (Wildman–Crippen LogP) is 16.5. The van der Waals surface area contributed by atoms with Crippen molar-refractivity contribution < 1.29 is 30.4 Å². The summed E-state index contributed by atoms with van der Waals surface area (Å²) in [6.45, 7) is 4.62. The maximum atomic E-state index is 7.10. The Morgan fingerprint density at radius 1 is 0.506 bits per heavy atom. The third kappa shape index (κ3) is 8.33. The van der Waals surface area contributed by atoms with Gasteiger partial charge in [0, 0.05) is 55.1 Å². The first kappa shape index (κ1) is 47.6. The summed E-state index contributed by atoms with van der Waals surface area (Å²) in [7, 11) is 0. The number of hydrogen-bond acceptors (Lipinski definition) is 2. The van der Waals surface area contributed by atoms with Gasteiger partial charge in [0.2, 0.25) is 0 Å². The van der Waals surface area contributed by atoms with Crippen LogP contribution in [0.25, 0.3) is 99.8 Å². The molecule has 0 saturated carbocycles. The Labute approximate surface area is 461 Å². The van der Waals surface area contributed by atoms with Crippen molar-refractivity contribution in [2.45, 2.75) is 25.7 Å². The monoisotopic (exact) mass is 1170 g/mol. The molecule has 0 aliphatic rings. The molecular weight excluding hydrogens is 1120 g/mol. The van der Waals surface area contributed by atoms with Crippen LogP contribution < -0.4 is 9.30 Å². The summed E-state index contributed by atoms with van der Waals surface area (Å²) in [6, 6.07) is 93.0. The van der Waals surface area contributed by atoms with Gasteiger partial charge < -0.3 is 18.4 Å². The molecule has 0 saturated heterocycles. The molecule has 0 spiro atoms. The van der Waals surface area contributed by atoms with Gasteiger partial charge in [0.05, 0.1) is 27.8 Å². The Morgan fingerprint density at radius 3 is 1.73 bits per heavy atom. The Bertz CT molecular complexity index is 4390. The van der Waals surface area contributed by atoms with E-state index in [0.717, 1.165) is 95.4 Å². The van der Waals surface area contributed by atoms with Gasteiger partial charge in [0.15, 0.2) is 0 Å². The van der Waals surface area contributed by atoms with E-state index in [0.29, 0.717) is 11.5 Å². The second-order valence-electron chi connectivity index (χ2n) is 20.1. The summed E-state index contributed by atoms with van der Waals surface area (Å²) >= 11 is 0. The maximum Gasteiger partial charge on any atom is 0.268 e. The number of ether oxygens (including phenoxy) is 1. The molecule has 10 aromatic carbocycles. The quantitative estimate of drug-likeness (QED) is 0.0956. The molecule has 0 radical (unpaired) electrons. The third-order valence-electron chi connectivity index (χ3n) is 14.9. The van der Waals surface area contributed by atoms with Crippen LogP contribution >= 0.6 is 0 Å². The van der Waals surface area contributed by atoms with Gasteiger partial charge in [-0.2, -0.15) is 12.1 Å². The van der Waals surface area contributed by atoms with Gasteiger partial charge in [0.25, 0.3) is 6.33 Å². The standard InChI is InChI=1S/C70H49N5O.Pt/c1-70(2,51-26-10-5-11-27-51)46-48-40-41-71-67(42-48)75-62-37-17-14-32-59(62)68-65(74-60-35-15-12-30-57(60)58-31-13-16-36-61(58)74)44-54(45-66(68)75)76-53-29-20-28-52(43-53)72-47-73(64-39-19-18-38-63(64)72)69-55(49-22-6-3-7-23-49)33-21-34-56(69)50-24-8-4-9-25-50;/h3-42,44H,46H2,1-2H3;/q-2;. The zero-order valence-electron chi connectivity index (χ0n) is 42.3. The topological polar surface area (TPSA) is 40.8 Å². The van der Waals surface area contributed by atoms with E-state index >= 15 is 0 Å². The van der Waals surface area contributed by atoms with Crippen molar-refractivity contribution in [3.63, 3.8) is 0 Å². The SMILES string of the molecule is CC(C)(Cc1ccnc(-n2c3[c-]c(Oc4[c-]c(-n5[c-][n+](-c6c(-c7ccccc7)cccc6-c6ccccc6)c6ccccc65)ccc4)cc(-n4c5ccccc5c5ccccc54)c3c3ccccc32)c1)c1ccccc1.[Pt]. The van der Waals surface area contributed by atoms with Gasteiger partial charge in [-0.05, 0) is 92.3 Å². The van der Waals surface area contributed by atoms with Crippen molar-refractivity contribution in [1.82, 2.24) is 18.7 Å². The van der Waals surface area contributed by atoms with Crippen molar-refractivity contribution in [3.05, 3.63) is 278 Å². The zero-order valence-corrected chi connectivity index (χ0v) is 44.6. The average Bonchev–Trinajstić information content (AvgIpc) is 4.23. The molecule has 6 nitrogen and oxygen atoms in total. The van der Waals surface area contributed by atoms with Crippen LogP contribution in [0.3, 0.4) is 0 Å². The fraction of sp³-hybridized carbons (Fsp3) is 0.0571. The number of nitrogens with zero attached hydrogens (tertiary/aromatic N) is 5. The summed E-state index contributed by atoms with van der Waals surface area (Å²) in [6.07, 6.45) is 6.59. The van der Waals surface area contributed by atoms with Crippen LogP contribution in [0.5, 0.6) is 11.5 Å². The van der Waals surface area contributed by atoms with Crippen LogP contribution in [0.1, 0.15) is 25.0 Å². The van der Waals surface area contributed by atoms with Gasteiger partial charge in [-0.1, -0.05) is 213 Å². The normalized spacial score (nSPS) is 11.7. The van der Waals surface area contributed by atoms with E-state index < -0.39 is 0 Å². The summed E-state index contributed by atoms with van der Waals surface area (Å²) in [4.78, 5) is 5.11. The van der Waals surface area contributed by atoms with Crippen molar-refractivity contribution in [1.29, 1.82) is 0 Å². The van der Waals surface area contributed by atoms with Crippen LogP contribution in [-0.2, 0) is 32.9 Å². The molecule has 372 valence electrons. The average molecular weight is 1170 g/mol. The summed E-state index contributed by atoms with van der Waals surface area (Å²) < 4.78 is 16.0. The Morgan fingerprint density at radius 2 is 1.06 bits per heavy atom. The molecule has 0 aliphatic carbocycles. The molecule has 0 fully saturated rings. The first-order valence-corrected chi connectivity index (χ1v) is 25.8. The largest absolute Gasteiger partial charge is 0.510 e. The number of imidazole rings is 1. The van der Waals surface area contributed by atoms with Crippen LogP contribution in [0.2, 0.25) is 0 Å². The minimum absolute atomic E-state index is 0. The minimum Gasteiger partial charge on any atom is -0.510 e. The van der Waals surface area contributed by atoms with Crippen LogP contribution in [0.15, 0.2) is 249 Å². The molecule has 0 aliphatic heterocycles. The molecule has 0 atom stereocenters. The smallest absolute Gasteiger partial charge is 0.268 e. The second kappa shape index (κ2) is 19.6. The van der Waals surface area contributed by atoms with Crippen molar-refractivity contribution in [2.75, 3.05) is 0 Å². The van der Waals surface area contributed by atoms with E-state index in [1.54, 1.807) is 0 Å². The molecule has 77 heavy (non-hydrogen) atoms. The van der Waals surface area contributed by atoms with Gasteiger partial charge in [-0.15, -0.1) is 24.3 Å². The first-order chi connectivity index (χ1) is 37.4. The van der Waals surface area contributed by atoms with Crippen LogP contribution in [-0.4, -0.2) is 18.7 Å². The molecule has 4 heterocycles. The third-order valence-corrected chi connectivity index (χ3v) is 14.9. The fourth-order valence-corrected chi connectivity index (χ4v) is 11.4. The van der Waals surface area contributed by atoms with Crippen molar-refractivity contribution in [2.24, 2.45) is 0 Å². The van der Waals surface area contributed by atoms with Crippen molar-refractivity contribution in [3.8, 4) is 56.6 Å². The molecule has 0 N–H and O–H groups in total. The molecule has 14 aromatic rings. The van der Waals surface area contributed by atoms with E-state index in [1.165, 1.54) is 21.9 Å². The van der Waals surface area contributed by atoms with E-state index in [1.807, 2.05) is 18.3 Å². The summed E-state index contributed by atoms with van der Waals surface area (Å²) in [5.41, 5.74) is 15.7. The Kier molecular flexibility index (Phi) is 12.1. The van der Waals surface area contributed by atoms with Gasteiger partial charge in [-0.25, -0.2) is 4.98 Å². The molecule has 0 unspecified atom stereocenters. The molecule has 14 rings (SSSR count). The van der Waals surface area contributed by atoms with Gasteiger partial charge in [0.1, 0.15) is 5.82 Å².